The molecule has 1 saturated heterocycles. The molecule has 118 valence electrons. The SMILES string of the molecule is CCN1CCOC(CN(CCOC)CCC(=O)OC)C1. The second-order valence-electron chi connectivity index (χ2n) is 5.01. The number of likely N-dealkylation sites (N-methyl/N-ethyl adjacent to an activating group) is 1. The maximum absolute atomic E-state index is 11.3. The maximum Gasteiger partial charge on any atom is 0.306 e. The van der Waals surface area contributed by atoms with E-state index in [4.69, 9.17) is 14.2 Å². The van der Waals surface area contributed by atoms with Crippen LogP contribution in [0, 0.1) is 0 Å². The highest BCUT2D eigenvalue weighted by molar-refractivity contribution is 5.69. The van der Waals surface area contributed by atoms with E-state index in [0.717, 1.165) is 39.3 Å². The van der Waals surface area contributed by atoms with Crippen LogP contribution in [0.5, 0.6) is 0 Å². The number of hydrogen-bond donors (Lipinski definition) is 0. The van der Waals surface area contributed by atoms with E-state index in [1.807, 2.05) is 0 Å². The van der Waals surface area contributed by atoms with Crippen molar-refractivity contribution in [2.45, 2.75) is 19.4 Å². The molecule has 1 aliphatic heterocycles. The summed E-state index contributed by atoms with van der Waals surface area (Å²) < 4.78 is 15.6. The number of carbonyl (C=O) groups is 1. The van der Waals surface area contributed by atoms with Gasteiger partial charge in [0.15, 0.2) is 0 Å². The smallest absolute Gasteiger partial charge is 0.306 e. The van der Waals surface area contributed by atoms with Crippen molar-refractivity contribution in [3.8, 4) is 0 Å². The van der Waals surface area contributed by atoms with Crippen LogP contribution in [0.3, 0.4) is 0 Å². The van der Waals surface area contributed by atoms with Gasteiger partial charge in [-0.25, -0.2) is 0 Å². The van der Waals surface area contributed by atoms with Crippen LogP contribution in [0.15, 0.2) is 0 Å². The second kappa shape index (κ2) is 10.1. The highest BCUT2D eigenvalue weighted by Gasteiger charge is 2.22. The van der Waals surface area contributed by atoms with Gasteiger partial charge in [-0.05, 0) is 6.54 Å². The minimum Gasteiger partial charge on any atom is -0.469 e. The predicted octanol–water partition coefficient (Wildman–Crippen LogP) is 0.219. The standard InChI is InChI=1S/C14H28N2O4/c1-4-15-8-10-20-13(11-15)12-16(7-9-18-2)6-5-14(17)19-3/h13H,4-12H2,1-3H3. The fraction of sp³-hybridized carbons (Fsp3) is 0.929. The van der Waals surface area contributed by atoms with E-state index >= 15 is 0 Å². The van der Waals surface area contributed by atoms with Crippen LogP contribution >= 0.6 is 0 Å². The molecule has 1 aliphatic rings. The summed E-state index contributed by atoms with van der Waals surface area (Å²) in [4.78, 5) is 15.9. The fourth-order valence-electron chi connectivity index (χ4n) is 2.33. The fourth-order valence-corrected chi connectivity index (χ4v) is 2.33. The van der Waals surface area contributed by atoms with Crippen LogP contribution < -0.4 is 0 Å². The molecule has 0 aliphatic carbocycles. The quantitative estimate of drug-likeness (QED) is 0.566. The van der Waals surface area contributed by atoms with E-state index in [1.165, 1.54) is 7.11 Å². The summed E-state index contributed by atoms with van der Waals surface area (Å²) in [6, 6.07) is 0. The lowest BCUT2D eigenvalue weighted by Crippen LogP contribution is -2.48. The number of ether oxygens (including phenoxy) is 3. The number of hydrogen-bond acceptors (Lipinski definition) is 6. The van der Waals surface area contributed by atoms with Gasteiger partial charge in [0.2, 0.25) is 0 Å². The third-order valence-electron chi connectivity index (χ3n) is 3.60. The lowest BCUT2D eigenvalue weighted by Gasteiger charge is -2.35. The molecule has 0 bridgehead atoms. The van der Waals surface area contributed by atoms with Crippen molar-refractivity contribution in [3.05, 3.63) is 0 Å². The Kier molecular flexibility index (Phi) is 8.77. The molecule has 1 rings (SSSR count). The first kappa shape index (κ1) is 17.4. The van der Waals surface area contributed by atoms with Gasteiger partial charge in [-0.2, -0.15) is 0 Å². The Hall–Kier alpha value is -0.690. The van der Waals surface area contributed by atoms with E-state index < -0.39 is 0 Å². The van der Waals surface area contributed by atoms with Gasteiger partial charge in [-0.15, -0.1) is 0 Å². The van der Waals surface area contributed by atoms with Crippen molar-refractivity contribution in [3.63, 3.8) is 0 Å². The summed E-state index contributed by atoms with van der Waals surface area (Å²) in [6.07, 6.45) is 0.614. The van der Waals surface area contributed by atoms with Gasteiger partial charge >= 0.3 is 5.97 Å². The van der Waals surface area contributed by atoms with Crippen molar-refractivity contribution < 1.29 is 19.0 Å². The summed E-state index contributed by atoms with van der Waals surface area (Å²) in [7, 11) is 3.11. The van der Waals surface area contributed by atoms with E-state index in [2.05, 4.69) is 16.7 Å². The van der Waals surface area contributed by atoms with E-state index in [0.29, 0.717) is 19.6 Å². The van der Waals surface area contributed by atoms with Gasteiger partial charge in [-0.3, -0.25) is 14.6 Å². The molecule has 6 heteroatoms. The topological polar surface area (TPSA) is 51.2 Å². The summed E-state index contributed by atoms with van der Waals surface area (Å²) in [5, 5.41) is 0. The van der Waals surface area contributed by atoms with Crippen molar-refractivity contribution in [1.29, 1.82) is 0 Å². The molecule has 0 radical (unpaired) electrons. The molecule has 1 atom stereocenters. The van der Waals surface area contributed by atoms with Crippen LogP contribution in [0.4, 0.5) is 0 Å². The number of methoxy groups -OCH3 is 2. The number of rotatable bonds is 9. The largest absolute Gasteiger partial charge is 0.469 e. The number of esters is 1. The highest BCUT2D eigenvalue weighted by Crippen LogP contribution is 2.07. The molecule has 1 fully saturated rings. The third-order valence-corrected chi connectivity index (χ3v) is 3.60. The molecule has 20 heavy (non-hydrogen) atoms. The second-order valence-corrected chi connectivity index (χ2v) is 5.01. The summed E-state index contributed by atoms with van der Waals surface area (Å²) in [6.45, 7) is 8.95. The zero-order valence-electron chi connectivity index (χ0n) is 13.0. The first-order chi connectivity index (χ1) is 9.69. The normalized spacial score (nSPS) is 20.3. The molecule has 0 N–H and O–H groups in total. The van der Waals surface area contributed by atoms with Crippen molar-refractivity contribution in [2.24, 2.45) is 0 Å². The molecule has 1 heterocycles. The Morgan fingerprint density at radius 2 is 2.20 bits per heavy atom. The molecular weight excluding hydrogens is 260 g/mol. The number of morpholine rings is 1. The molecular formula is C14H28N2O4. The molecule has 0 amide bonds. The number of nitrogens with zero attached hydrogens (tertiary/aromatic N) is 2. The van der Waals surface area contributed by atoms with Gasteiger partial charge in [0.1, 0.15) is 0 Å². The van der Waals surface area contributed by atoms with Crippen molar-refractivity contribution in [1.82, 2.24) is 9.80 Å². The summed E-state index contributed by atoms with van der Waals surface area (Å²) >= 11 is 0. The molecule has 1 unspecified atom stereocenters. The Bertz CT molecular complexity index is 276. The van der Waals surface area contributed by atoms with E-state index in [1.54, 1.807) is 7.11 Å². The van der Waals surface area contributed by atoms with Crippen molar-refractivity contribution in [2.75, 3.05) is 66.7 Å². The van der Waals surface area contributed by atoms with Gasteiger partial charge in [0.25, 0.3) is 0 Å². The first-order valence-electron chi connectivity index (χ1n) is 7.31. The molecule has 0 aromatic rings. The number of carbonyl (C=O) groups excluding carboxylic acids is 1. The van der Waals surface area contributed by atoms with Gasteiger partial charge in [0.05, 0.1) is 32.8 Å². The highest BCUT2D eigenvalue weighted by atomic mass is 16.5. The van der Waals surface area contributed by atoms with Crippen LogP contribution in [-0.4, -0.2) is 88.6 Å². The molecule has 0 aromatic carbocycles. The lowest BCUT2D eigenvalue weighted by atomic mass is 10.2. The average molecular weight is 288 g/mol. The van der Waals surface area contributed by atoms with Crippen LogP contribution in [0.1, 0.15) is 13.3 Å². The van der Waals surface area contributed by atoms with E-state index in [9.17, 15) is 4.79 Å². The minimum absolute atomic E-state index is 0.174. The predicted molar refractivity (Wildman–Crippen MR) is 76.8 cm³/mol. The first-order valence-corrected chi connectivity index (χ1v) is 7.31. The molecule has 0 spiro atoms. The van der Waals surface area contributed by atoms with Crippen LogP contribution in [-0.2, 0) is 19.0 Å². The Balaban J connectivity index is 2.39. The van der Waals surface area contributed by atoms with Crippen LogP contribution in [0.2, 0.25) is 0 Å². The van der Waals surface area contributed by atoms with Crippen molar-refractivity contribution >= 4 is 5.97 Å². The van der Waals surface area contributed by atoms with Gasteiger partial charge in [-0.1, -0.05) is 6.92 Å². The molecule has 0 saturated carbocycles. The molecule has 0 aromatic heterocycles. The minimum atomic E-state index is -0.174. The Labute approximate surface area is 121 Å². The van der Waals surface area contributed by atoms with Crippen LogP contribution in [0.25, 0.3) is 0 Å². The van der Waals surface area contributed by atoms with E-state index in [-0.39, 0.29) is 12.1 Å². The van der Waals surface area contributed by atoms with Gasteiger partial charge < -0.3 is 14.2 Å². The monoisotopic (exact) mass is 288 g/mol. The zero-order valence-corrected chi connectivity index (χ0v) is 13.0. The zero-order chi connectivity index (χ0) is 14.8. The Morgan fingerprint density at radius 3 is 2.85 bits per heavy atom. The summed E-state index contributed by atoms with van der Waals surface area (Å²) in [5.74, 6) is -0.174. The lowest BCUT2D eigenvalue weighted by molar-refractivity contribution is -0.141. The Morgan fingerprint density at radius 1 is 1.40 bits per heavy atom. The molecule has 6 nitrogen and oxygen atoms in total. The third kappa shape index (κ3) is 6.65. The average Bonchev–Trinajstić information content (AvgIpc) is 2.49. The summed E-state index contributed by atoms with van der Waals surface area (Å²) in [5.41, 5.74) is 0. The van der Waals surface area contributed by atoms with Gasteiger partial charge in [0, 0.05) is 39.8 Å². The maximum atomic E-state index is 11.3.